The van der Waals surface area contributed by atoms with Crippen molar-refractivity contribution in [2.75, 3.05) is 6.61 Å². The second-order valence-corrected chi connectivity index (χ2v) is 7.01. The van der Waals surface area contributed by atoms with E-state index in [-0.39, 0.29) is 13.2 Å². The molecule has 0 fully saturated rings. The summed E-state index contributed by atoms with van der Waals surface area (Å²) in [5.41, 5.74) is 2.41. The van der Waals surface area contributed by atoms with Crippen LogP contribution in [0.5, 0.6) is 5.75 Å². The zero-order chi connectivity index (χ0) is 19.6. The van der Waals surface area contributed by atoms with Crippen LogP contribution >= 0.6 is 11.3 Å². The number of benzene rings is 2. The van der Waals surface area contributed by atoms with E-state index < -0.39 is 5.97 Å². The quantitative estimate of drug-likeness (QED) is 0.374. The molecule has 5 aromatic rings. The first kappa shape index (κ1) is 17.4. The lowest BCUT2D eigenvalue weighted by Gasteiger charge is -2.05. The molecule has 0 bridgehead atoms. The minimum absolute atomic E-state index is 0.0821. The standard InChI is InChI=1S/C21H14N2O5S/c24-20(26-10-19-22-21(28-23-19)13-7-8-29-12-13)11-25-14-5-6-18-16(9-14)15-3-1-2-4-17(15)27-18/h1-9,12H,10-11H2. The number of ether oxygens (including phenoxy) is 2. The van der Waals surface area contributed by atoms with Crippen molar-refractivity contribution < 1.29 is 23.2 Å². The summed E-state index contributed by atoms with van der Waals surface area (Å²) >= 11 is 1.53. The number of esters is 1. The first-order valence-corrected chi connectivity index (χ1v) is 9.75. The largest absolute Gasteiger partial charge is 0.482 e. The Morgan fingerprint density at radius 1 is 1.07 bits per heavy atom. The number of aromatic nitrogens is 2. The maximum atomic E-state index is 12.0. The minimum atomic E-state index is -0.524. The highest BCUT2D eigenvalue weighted by Gasteiger charge is 2.13. The summed E-state index contributed by atoms with van der Waals surface area (Å²) in [4.78, 5) is 16.2. The predicted molar refractivity (Wildman–Crippen MR) is 107 cm³/mol. The highest BCUT2D eigenvalue weighted by atomic mass is 32.1. The number of carbonyl (C=O) groups excluding carboxylic acids is 1. The highest BCUT2D eigenvalue weighted by molar-refractivity contribution is 7.08. The molecule has 0 N–H and O–H groups in total. The molecular weight excluding hydrogens is 392 g/mol. The minimum Gasteiger partial charge on any atom is -0.482 e. The lowest BCUT2D eigenvalue weighted by molar-refractivity contribution is -0.147. The van der Waals surface area contributed by atoms with Gasteiger partial charge in [0.25, 0.3) is 5.89 Å². The third-order valence-corrected chi connectivity index (χ3v) is 4.99. The molecule has 0 saturated carbocycles. The van der Waals surface area contributed by atoms with Gasteiger partial charge in [-0.25, -0.2) is 4.79 Å². The van der Waals surface area contributed by atoms with Crippen molar-refractivity contribution in [3.8, 4) is 17.2 Å². The molecule has 0 unspecified atom stereocenters. The fourth-order valence-electron chi connectivity index (χ4n) is 2.94. The van der Waals surface area contributed by atoms with Gasteiger partial charge in [-0.3, -0.25) is 0 Å². The van der Waals surface area contributed by atoms with Crippen LogP contribution < -0.4 is 4.74 Å². The molecule has 144 valence electrons. The molecule has 0 aliphatic heterocycles. The van der Waals surface area contributed by atoms with E-state index in [1.54, 1.807) is 6.07 Å². The summed E-state index contributed by atoms with van der Waals surface area (Å²) in [5.74, 6) is 0.726. The first-order chi connectivity index (χ1) is 14.3. The molecule has 29 heavy (non-hydrogen) atoms. The first-order valence-electron chi connectivity index (χ1n) is 8.81. The number of hydrogen-bond donors (Lipinski definition) is 0. The van der Waals surface area contributed by atoms with E-state index in [0.717, 1.165) is 27.5 Å². The van der Waals surface area contributed by atoms with Gasteiger partial charge in [-0.1, -0.05) is 23.4 Å². The van der Waals surface area contributed by atoms with Gasteiger partial charge in [0.2, 0.25) is 5.82 Å². The van der Waals surface area contributed by atoms with Gasteiger partial charge in [-0.15, -0.1) is 0 Å². The SMILES string of the molecule is O=C(COc1ccc2oc3ccccc3c2c1)OCc1noc(-c2ccsc2)n1. The maximum Gasteiger partial charge on any atom is 0.344 e. The Kier molecular flexibility index (Phi) is 4.45. The summed E-state index contributed by atoms with van der Waals surface area (Å²) in [7, 11) is 0. The molecule has 0 radical (unpaired) electrons. The molecule has 0 amide bonds. The predicted octanol–water partition coefficient (Wildman–Crippen LogP) is 4.82. The smallest absolute Gasteiger partial charge is 0.344 e. The zero-order valence-corrected chi connectivity index (χ0v) is 15.8. The Balaban J connectivity index is 1.20. The van der Waals surface area contributed by atoms with Crippen LogP contribution in [0.2, 0.25) is 0 Å². The van der Waals surface area contributed by atoms with Crippen LogP contribution in [0.1, 0.15) is 5.82 Å². The maximum absolute atomic E-state index is 12.0. The van der Waals surface area contributed by atoms with E-state index in [2.05, 4.69) is 10.1 Å². The molecule has 0 aliphatic carbocycles. The molecule has 0 spiro atoms. The Hall–Kier alpha value is -3.65. The van der Waals surface area contributed by atoms with Gasteiger partial charge in [0.15, 0.2) is 13.2 Å². The molecule has 0 atom stereocenters. The van der Waals surface area contributed by atoms with Crippen LogP contribution in [0.15, 0.2) is 68.2 Å². The Morgan fingerprint density at radius 3 is 2.86 bits per heavy atom. The van der Waals surface area contributed by atoms with Crippen molar-refractivity contribution in [3.63, 3.8) is 0 Å². The molecule has 0 saturated heterocycles. The van der Waals surface area contributed by atoms with Crippen LogP contribution in [-0.2, 0) is 16.1 Å². The summed E-state index contributed by atoms with van der Waals surface area (Å²) in [6, 6.07) is 15.1. The van der Waals surface area contributed by atoms with E-state index in [1.165, 1.54) is 11.3 Å². The van der Waals surface area contributed by atoms with Crippen molar-refractivity contribution in [1.82, 2.24) is 10.1 Å². The third kappa shape index (κ3) is 3.57. The normalized spacial score (nSPS) is 11.2. The van der Waals surface area contributed by atoms with Crippen molar-refractivity contribution in [2.24, 2.45) is 0 Å². The van der Waals surface area contributed by atoms with Crippen LogP contribution in [0.3, 0.4) is 0 Å². The number of carbonyl (C=O) groups is 1. The highest BCUT2D eigenvalue weighted by Crippen LogP contribution is 2.31. The zero-order valence-electron chi connectivity index (χ0n) is 15.0. The average molecular weight is 406 g/mol. The van der Waals surface area contributed by atoms with Gasteiger partial charge >= 0.3 is 5.97 Å². The molecule has 0 aliphatic rings. The summed E-state index contributed by atoms with van der Waals surface area (Å²) in [6.45, 7) is -0.308. The third-order valence-electron chi connectivity index (χ3n) is 4.30. The summed E-state index contributed by atoms with van der Waals surface area (Å²) in [5, 5.41) is 9.55. The van der Waals surface area contributed by atoms with Gasteiger partial charge in [-0.05, 0) is 35.7 Å². The number of thiophene rings is 1. The van der Waals surface area contributed by atoms with Crippen molar-refractivity contribution in [2.45, 2.75) is 6.61 Å². The van der Waals surface area contributed by atoms with Crippen LogP contribution in [0, 0.1) is 0 Å². The van der Waals surface area contributed by atoms with Gasteiger partial charge in [-0.2, -0.15) is 16.3 Å². The molecule has 2 aromatic carbocycles. The van der Waals surface area contributed by atoms with Crippen LogP contribution in [0.4, 0.5) is 0 Å². The van der Waals surface area contributed by atoms with Crippen molar-refractivity contribution in [1.29, 1.82) is 0 Å². The number of nitrogens with zero attached hydrogens (tertiary/aromatic N) is 2. The number of para-hydroxylation sites is 1. The fraction of sp³-hybridized carbons (Fsp3) is 0.0952. The Morgan fingerprint density at radius 2 is 1.97 bits per heavy atom. The molecule has 8 heteroatoms. The second-order valence-electron chi connectivity index (χ2n) is 6.23. The van der Waals surface area contributed by atoms with Crippen LogP contribution in [-0.4, -0.2) is 22.7 Å². The van der Waals surface area contributed by atoms with E-state index in [0.29, 0.717) is 17.5 Å². The van der Waals surface area contributed by atoms with Gasteiger partial charge < -0.3 is 18.4 Å². The second kappa shape index (κ2) is 7.40. The topological polar surface area (TPSA) is 87.6 Å². The molecule has 5 rings (SSSR count). The van der Waals surface area contributed by atoms with Gasteiger partial charge in [0.1, 0.15) is 16.9 Å². The number of furan rings is 1. The van der Waals surface area contributed by atoms with Crippen LogP contribution in [0.25, 0.3) is 33.4 Å². The lowest BCUT2D eigenvalue weighted by atomic mass is 10.1. The summed E-state index contributed by atoms with van der Waals surface area (Å²) < 4.78 is 21.7. The Bertz CT molecular complexity index is 1290. The Labute approximate surface area is 168 Å². The van der Waals surface area contributed by atoms with Gasteiger partial charge in [0, 0.05) is 16.2 Å². The monoisotopic (exact) mass is 406 g/mol. The average Bonchev–Trinajstić information content (AvgIpc) is 3.49. The van der Waals surface area contributed by atoms with E-state index >= 15 is 0 Å². The summed E-state index contributed by atoms with van der Waals surface area (Å²) in [6.07, 6.45) is 0. The van der Waals surface area contributed by atoms with E-state index in [1.807, 2.05) is 53.2 Å². The van der Waals surface area contributed by atoms with Crippen molar-refractivity contribution in [3.05, 3.63) is 65.1 Å². The lowest BCUT2D eigenvalue weighted by Crippen LogP contribution is -2.15. The number of rotatable bonds is 6. The fourth-order valence-corrected chi connectivity index (χ4v) is 3.57. The number of fused-ring (bicyclic) bond motifs is 3. The van der Waals surface area contributed by atoms with E-state index in [4.69, 9.17) is 18.4 Å². The molecular formula is C21H14N2O5S. The van der Waals surface area contributed by atoms with Crippen molar-refractivity contribution >= 4 is 39.2 Å². The molecule has 3 aromatic heterocycles. The number of hydrogen-bond acceptors (Lipinski definition) is 8. The molecule has 3 heterocycles. The van der Waals surface area contributed by atoms with E-state index in [9.17, 15) is 4.79 Å². The molecule has 7 nitrogen and oxygen atoms in total. The van der Waals surface area contributed by atoms with Gasteiger partial charge in [0.05, 0.1) is 5.56 Å².